The van der Waals surface area contributed by atoms with E-state index in [1.165, 1.54) is 4.31 Å². The maximum absolute atomic E-state index is 13.7. The third kappa shape index (κ3) is 5.06. The zero-order chi connectivity index (χ0) is 20.3. The maximum atomic E-state index is 13.7. The van der Waals surface area contributed by atoms with Crippen LogP contribution in [0.1, 0.15) is 18.4 Å². The number of anilines is 1. The number of amides is 1. The molecule has 1 aliphatic rings. The van der Waals surface area contributed by atoms with Crippen molar-refractivity contribution in [3.63, 3.8) is 0 Å². The summed E-state index contributed by atoms with van der Waals surface area (Å²) < 4.78 is 53.2. The third-order valence-corrected chi connectivity index (χ3v) is 6.77. The maximum Gasteiger partial charge on any atom is 0.227 e. The number of piperidine rings is 1. The normalized spacial score (nSPS) is 16.1. The predicted octanol–water partition coefficient (Wildman–Crippen LogP) is 3.80. The number of benzene rings is 2. The molecule has 0 aliphatic carbocycles. The Morgan fingerprint density at radius 2 is 1.75 bits per heavy atom. The van der Waals surface area contributed by atoms with Crippen LogP contribution in [0.15, 0.2) is 42.5 Å². The second kappa shape index (κ2) is 8.55. The predicted molar refractivity (Wildman–Crippen MR) is 103 cm³/mol. The van der Waals surface area contributed by atoms with Gasteiger partial charge in [0.1, 0.15) is 11.6 Å². The topological polar surface area (TPSA) is 66.5 Å². The molecule has 0 spiro atoms. The average molecular weight is 429 g/mol. The number of carbonyl (C=O) groups is 1. The molecule has 28 heavy (non-hydrogen) atoms. The minimum atomic E-state index is -3.51. The molecule has 9 heteroatoms. The summed E-state index contributed by atoms with van der Waals surface area (Å²) in [6, 6.07) is 9.52. The fraction of sp³-hybridized carbons (Fsp3) is 0.316. The molecule has 2 aromatic rings. The first kappa shape index (κ1) is 20.7. The fourth-order valence-electron chi connectivity index (χ4n) is 3.10. The van der Waals surface area contributed by atoms with Gasteiger partial charge in [-0.1, -0.05) is 23.7 Å². The van der Waals surface area contributed by atoms with E-state index in [-0.39, 0.29) is 24.5 Å². The van der Waals surface area contributed by atoms with E-state index < -0.39 is 33.5 Å². The Kier molecular flexibility index (Phi) is 6.32. The number of carbonyl (C=O) groups excluding carboxylic acids is 1. The zero-order valence-corrected chi connectivity index (χ0v) is 16.4. The van der Waals surface area contributed by atoms with Gasteiger partial charge in [0.2, 0.25) is 15.9 Å². The Hall–Kier alpha value is -2.03. The van der Waals surface area contributed by atoms with E-state index in [9.17, 15) is 22.0 Å². The van der Waals surface area contributed by atoms with E-state index in [4.69, 9.17) is 11.6 Å². The van der Waals surface area contributed by atoms with Crippen LogP contribution in [0.25, 0.3) is 0 Å². The van der Waals surface area contributed by atoms with E-state index in [1.54, 1.807) is 24.3 Å². The molecule has 0 unspecified atom stereocenters. The number of rotatable bonds is 5. The van der Waals surface area contributed by atoms with Crippen LogP contribution in [0.3, 0.4) is 0 Å². The summed E-state index contributed by atoms with van der Waals surface area (Å²) in [6.07, 6.45) is 0.656. The second-order valence-corrected chi connectivity index (χ2v) is 9.07. The van der Waals surface area contributed by atoms with Crippen molar-refractivity contribution >= 4 is 33.2 Å². The van der Waals surface area contributed by atoms with Crippen LogP contribution in [0, 0.1) is 17.6 Å². The highest BCUT2D eigenvalue weighted by Crippen LogP contribution is 2.24. The van der Waals surface area contributed by atoms with Crippen molar-refractivity contribution < 1.29 is 22.0 Å². The van der Waals surface area contributed by atoms with Crippen molar-refractivity contribution in [2.45, 2.75) is 18.6 Å². The molecule has 1 aliphatic heterocycles. The Labute approximate surface area is 167 Å². The molecule has 0 aromatic heterocycles. The van der Waals surface area contributed by atoms with Gasteiger partial charge >= 0.3 is 0 Å². The fourth-order valence-corrected chi connectivity index (χ4v) is 4.79. The summed E-state index contributed by atoms with van der Waals surface area (Å²) in [5, 5.41) is 2.98. The summed E-state index contributed by atoms with van der Waals surface area (Å²) in [5.41, 5.74) is 0.542. The monoisotopic (exact) mass is 428 g/mol. The summed E-state index contributed by atoms with van der Waals surface area (Å²) in [5.74, 6) is -2.56. The Balaban J connectivity index is 1.57. The highest BCUT2D eigenvalue weighted by Gasteiger charge is 2.31. The molecule has 0 atom stereocenters. The van der Waals surface area contributed by atoms with Crippen molar-refractivity contribution in [1.82, 2.24) is 4.31 Å². The highest BCUT2D eigenvalue weighted by molar-refractivity contribution is 7.88. The Morgan fingerprint density at radius 3 is 2.36 bits per heavy atom. The van der Waals surface area contributed by atoms with Crippen LogP contribution in [-0.4, -0.2) is 31.7 Å². The van der Waals surface area contributed by atoms with E-state index in [2.05, 4.69) is 5.32 Å². The van der Waals surface area contributed by atoms with Crippen LogP contribution >= 0.6 is 11.6 Å². The van der Waals surface area contributed by atoms with Crippen LogP contribution in [0.4, 0.5) is 14.5 Å². The minimum Gasteiger partial charge on any atom is -0.323 e. The standard InChI is InChI=1S/C19H19ClF2N2O3S/c20-15-3-1-13(2-4-15)12-28(26,27)24-9-7-14(8-10-24)19(25)23-18-6-5-16(21)11-17(18)22/h1-6,11,14H,7-10,12H2,(H,23,25). The van der Waals surface area contributed by atoms with Crippen molar-refractivity contribution in [3.8, 4) is 0 Å². The first-order chi connectivity index (χ1) is 13.2. The molecular weight excluding hydrogens is 410 g/mol. The molecule has 1 saturated heterocycles. The lowest BCUT2D eigenvalue weighted by molar-refractivity contribution is -0.120. The minimum absolute atomic E-state index is 0.0933. The van der Waals surface area contributed by atoms with Gasteiger partial charge in [0, 0.05) is 30.1 Å². The highest BCUT2D eigenvalue weighted by atomic mass is 35.5. The summed E-state index contributed by atoms with van der Waals surface area (Å²) in [7, 11) is -3.51. The van der Waals surface area contributed by atoms with Gasteiger partial charge in [-0.3, -0.25) is 4.79 Å². The zero-order valence-electron chi connectivity index (χ0n) is 14.9. The van der Waals surface area contributed by atoms with Gasteiger partial charge in [-0.25, -0.2) is 21.5 Å². The van der Waals surface area contributed by atoms with Crippen LogP contribution in [0.2, 0.25) is 5.02 Å². The molecule has 1 heterocycles. The van der Waals surface area contributed by atoms with Gasteiger partial charge in [0.05, 0.1) is 11.4 Å². The molecule has 1 fully saturated rings. The van der Waals surface area contributed by atoms with Crippen molar-refractivity contribution in [1.29, 1.82) is 0 Å². The second-order valence-electron chi connectivity index (χ2n) is 6.67. The van der Waals surface area contributed by atoms with Crippen LogP contribution in [-0.2, 0) is 20.6 Å². The van der Waals surface area contributed by atoms with Crippen LogP contribution < -0.4 is 5.32 Å². The molecule has 1 amide bonds. The summed E-state index contributed by atoms with van der Waals surface area (Å²) in [6.45, 7) is 0.416. The van der Waals surface area contributed by atoms with Crippen molar-refractivity contribution in [2.24, 2.45) is 5.92 Å². The smallest absolute Gasteiger partial charge is 0.227 e. The molecule has 2 aromatic carbocycles. The number of nitrogens with zero attached hydrogens (tertiary/aromatic N) is 1. The van der Waals surface area contributed by atoms with E-state index >= 15 is 0 Å². The largest absolute Gasteiger partial charge is 0.323 e. The molecular formula is C19H19ClF2N2O3S. The third-order valence-electron chi connectivity index (χ3n) is 4.67. The van der Waals surface area contributed by atoms with Gasteiger partial charge in [-0.2, -0.15) is 0 Å². The summed E-state index contributed by atoms with van der Waals surface area (Å²) >= 11 is 5.81. The van der Waals surface area contributed by atoms with E-state index in [1.807, 2.05) is 0 Å². The van der Waals surface area contributed by atoms with Gasteiger partial charge in [-0.15, -0.1) is 0 Å². The number of hydrogen-bond donors (Lipinski definition) is 1. The number of sulfonamides is 1. The molecule has 150 valence electrons. The lowest BCUT2D eigenvalue weighted by Crippen LogP contribution is -2.41. The van der Waals surface area contributed by atoms with Gasteiger partial charge in [0.25, 0.3) is 0 Å². The van der Waals surface area contributed by atoms with Crippen molar-refractivity contribution in [2.75, 3.05) is 18.4 Å². The molecule has 5 nitrogen and oxygen atoms in total. The molecule has 1 N–H and O–H groups in total. The Bertz CT molecular complexity index is 960. The molecule has 3 rings (SSSR count). The molecule has 0 saturated carbocycles. The van der Waals surface area contributed by atoms with Gasteiger partial charge in [0.15, 0.2) is 0 Å². The van der Waals surface area contributed by atoms with Crippen LogP contribution in [0.5, 0.6) is 0 Å². The molecule has 0 bridgehead atoms. The quantitative estimate of drug-likeness (QED) is 0.787. The lowest BCUT2D eigenvalue weighted by atomic mass is 9.97. The van der Waals surface area contributed by atoms with E-state index in [0.29, 0.717) is 29.5 Å². The van der Waals surface area contributed by atoms with Crippen molar-refractivity contribution in [3.05, 3.63) is 64.7 Å². The first-order valence-corrected chi connectivity index (χ1v) is 10.7. The van der Waals surface area contributed by atoms with Gasteiger partial charge in [-0.05, 0) is 42.7 Å². The SMILES string of the molecule is O=C(Nc1ccc(F)cc1F)C1CCN(S(=O)(=O)Cc2ccc(Cl)cc2)CC1. The number of halogens is 3. The molecule has 0 radical (unpaired) electrons. The first-order valence-electron chi connectivity index (χ1n) is 8.73. The summed E-state index contributed by atoms with van der Waals surface area (Å²) in [4.78, 5) is 12.3. The number of nitrogens with one attached hydrogen (secondary N) is 1. The Morgan fingerprint density at radius 1 is 1.11 bits per heavy atom. The average Bonchev–Trinajstić information content (AvgIpc) is 2.66. The number of hydrogen-bond acceptors (Lipinski definition) is 3. The van der Waals surface area contributed by atoms with E-state index in [0.717, 1.165) is 12.1 Å². The lowest BCUT2D eigenvalue weighted by Gasteiger charge is -2.30. The van der Waals surface area contributed by atoms with Gasteiger partial charge < -0.3 is 5.32 Å².